The number of amides is 2. The highest BCUT2D eigenvalue weighted by Crippen LogP contribution is 2.12. The van der Waals surface area contributed by atoms with Crippen LogP contribution >= 0.6 is 0 Å². The Kier molecular flexibility index (Phi) is 8.41. The minimum Gasteiger partial charge on any atom is -0.494 e. The van der Waals surface area contributed by atoms with Crippen LogP contribution in [0.5, 0.6) is 5.75 Å². The fourth-order valence-electron chi connectivity index (χ4n) is 2.97. The molecule has 0 aliphatic carbocycles. The van der Waals surface area contributed by atoms with Crippen LogP contribution in [0, 0.1) is 6.92 Å². The van der Waals surface area contributed by atoms with E-state index in [4.69, 9.17) is 9.47 Å². The monoisotopic (exact) mass is 362 g/mol. The first-order valence-corrected chi connectivity index (χ1v) is 9.34. The standard InChI is InChI=1S/C20H30N2O4/c1-17-6-8-18(9-7-17)26-15-3-5-19(23)21-11-4-12-22(14-13-21)20(24)10-16-25-2/h6-9H,3-5,10-16H2,1-2H3. The van der Waals surface area contributed by atoms with Gasteiger partial charge in [0.25, 0.3) is 0 Å². The molecule has 6 nitrogen and oxygen atoms in total. The van der Waals surface area contributed by atoms with Crippen molar-refractivity contribution >= 4 is 11.8 Å². The van der Waals surface area contributed by atoms with Crippen molar-refractivity contribution in [3.8, 4) is 5.75 Å². The molecule has 0 saturated carbocycles. The Bertz CT molecular complexity index is 574. The van der Waals surface area contributed by atoms with E-state index in [0.29, 0.717) is 58.7 Å². The van der Waals surface area contributed by atoms with Gasteiger partial charge in [-0.3, -0.25) is 9.59 Å². The van der Waals surface area contributed by atoms with Crippen molar-refractivity contribution in [2.45, 2.75) is 32.6 Å². The largest absolute Gasteiger partial charge is 0.494 e. The molecule has 0 aromatic heterocycles. The van der Waals surface area contributed by atoms with Gasteiger partial charge in [-0.15, -0.1) is 0 Å². The van der Waals surface area contributed by atoms with Crippen LogP contribution in [0.15, 0.2) is 24.3 Å². The summed E-state index contributed by atoms with van der Waals surface area (Å²) >= 11 is 0. The summed E-state index contributed by atoms with van der Waals surface area (Å²) in [6, 6.07) is 7.91. The highest BCUT2D eigenvalue weighted by atomic mass is 16.5. The van der Waals surface area contributed by atoms with E-state index in [1.807, 2.05) is 41.0 Å². The molecule has 0 spiro atoms. The van der Waals surface area contributed by atoms with Gasteiger partial charge in [-0.2, -0.15) is 0 Å². The third kappa shape index (κ3) is 6.67. The molecule has 0 radical (unpaired) electrons. The van der Waals surface area contributed by atoms with Gasteiger partial charge in [-0.05, 0) is 31.9 Å². The molecular formula is C20H30N2O4. The third-order valence-corrected chi connectivity index (χ3v) is 4.55. The molecule has 26 heavy (non-hydrogen) atoms. The van der Waals surface area contributed by atoms with Crippen molar-refractivity contribution in [3.05, 3.63) is 29.8 Å². The molecule has 1 fully saturated rings. The number of ether oxygens (including phenoxy) is 2. The maximum Gasteiger partial charge on any atom is 0.224 e. The zero-order chi connectivity index (χ0) is 18.8. The number of hydrogen-bond acceptors (Lipinski definition) is 4. The van der Waals surface area contributed by atoms with Crippen LogP contribution in [0.25, 0.3) is 0 Å². The van der Waals surface area contributed by atoms with Crippen LogP contribution in [0.3, 0.4) is 0 Å². The molecule has 1 aromatic carbocycles. The lowest BCUT2D eigenvalue weighted by Crippen LogP contribution is -2.37. The number of nitrogens with zero attached hydrogens (tertiary/aromatic N) is 2. The van der Waals surface area contributed by atoms with E-state index >= 15 is 0 Å². The summed E-state index contributed by atoms with van der Waals surface area (Å²) in [4.78, 5) is 28.2. The van der Waals surface area contributed by atoms with Crippen LogP contribution in [-0.4, -0.2) is 68.1 Å². The molecular weight excluding hydrogens is 332 g/mol. The molecule has 1 saturated heterocycles. The molecule has 0 bridgehead atoms. The maximum atomic E-state index is 12.4. The predicted octanol–water partition coefficient (Wildman–Crippen LogP) is 2.25. The first kappa shape index (κ1) is 20.2. The summed E-state index contributed by atoms with van der Waals surface area (Å²) in [5.74, 6) is 1.08. The van der Waals surface area contributed by atoms with Crippen molar-refractivity contribution in [2.24, 2.45) is 0 Å². The minimum atomic E-state index is 0.104. The van der Waals surface area contributed by atoms with Crippen LogP contribution in [0.4, 0.5) is 0 Å². The Hall–Kier alpha value is -2.08. The first-order valence-electron chi connectivity index (χ1n) is 9.34. The van der Waals surface area contributed by atoms with Crippen molar-refractivity contribution in [1.82, 2.24) is 9.80 Å². The topological polar surface area (TPSA) is 59.1 Å². The van der Waals surface area contributed by atoms with E-state index in [9.17, 15) is 9.59 Å². The lowest BCUT2D eigenvalue weighted by Gasteiger charge is -2.22. The van der Waals surface area contributed by atoms with E-state index in [0.717, 1.165) is 12.2 Å². The summed E-state index contributed by atoms with van der Waals surface area (Å²) in [5, 5.41) is 0. The van der Waals surface area contributed by atoms with Crippen molar-refractivity contribution in [2.75, 3.05) is 46.5 Å². The predicted molar refractivity (Wildman–Crippen MR) is 100 cm³/mol. The molecule has 0 atom stereocenters. The van der Waals surface area contributed by atoms with Gasteiger partial charge < -0.3 is 19.3 Å². The molecule has 1 aromatic rings. The number of rotatable bonds is 8. The summed E-state index contributed by atoms with van der Waals surface area (Å²) in [5.41, 5.74) is 1.20. The molecule has 1 aliphatic heterocycles. The Morgan fingerprint density at radius 1 is 0.923 bits per heavy atom. The zero-order valence-corrected chi connectivity index (χ0v) is 15.9. The molecule has 6 heteroatoms. The highest BCUT2D eigenvalue weighted by Gasteiger charge is 2.21. The Balaban J connectivity index is 1.67. The van der Waals surface area contributed by atoms with Gasteiger partial charge in [0.1, 0.15) is 5.75 Å². The molecule has 1 aliphatic rings. The maximum absolute atomic E-state index is 12.4. The third-order valence-electron chi connectivity index (χ3n) is 4.55. The minimum absolute atomic E-state index is 0.104. The molecule has 2 amide bonds. The lowest BCUT2D eigenvalue weighted by atomic mass is 10.2. The fraction of sp³-hybridized carbons (Fsp3) is 0.600. The van der Waals surface area contributed by atoms with Crippen LogP contribution in [0.2, 0.25) is 0 Å². The van der Waals surface area contributed by atoms with Gasteiger partial charge >= 0.3 is 0 Å². The number of benzene rings is 1. The average Bonchev–Trinajstić information content (AvgIpc) is 2.91. The van der Waals surface area contributed by atoms with Crippen LogP contribution in [-0.2, 0) is 14.3 Å². The Morgan fingerprint density at radius 2 is 1.54 bits per heavy atom. The molecule has 1 heterocycles. The molecule has 144 valence electrons. The van der Waals surface area contributed by atoms with E-state index < -0.39 is 0 Å². The van der Waals surface area contributed by atoms with E-state index in [2.05, 4.69) is 0 Å². The smallest absolute Gasteiger partial charge is 0.224 e. The Labute approximate surface area is 156 Å². The van der Waals surface area contributed by atoms with Gasteiger partial charge in [0, 0.05) is 39.7 Å². The van der Waals surface area contributed by atoms with E-state index in [1.54, 1.807) is 7.11 Å². The van der Waals surface area contributed by atoms with E-state index in [1.165, 1.54) is 5.56 Å². The van der Waals surface area contributed by atoms with Gasteiger partial charge in [0.15, 0.2) is 0 Å². The second-order valence-corrected chi connectivity index (χ2v) is 6.62. The summed E-state index contributed by atoms with van der Waals surface area (Å²) in [6.07, 6.45) is 2.40. The molecule has 0 N–H and O–H groups in total. The quantitative estimate of drug-likeness (QED) is 0.666. The van der Waals surface area contributed by atoms with Crippen LogP contribution in [0.1, 0.15) is 31.2 Å². The second-order valence-electron chi connectivity index (χ2n) is 6.62. The highest BCUT2D eigenvalue weighted by molar-refractivity contribution is 5.77. The zero-order valence-electron chi connectivity index (χ0n) is 15.9. The summed E-state index contributed by atoms with van der Waals surface area (Å²) in [6.45, 7) is 5.65. The Morgan fingerprint density at radius 3 is 2.15 bits per heavy atom. The van der Waals surface area contributed by atoms with E-state index in [-0.39, 0.29) is 11.8 Å². The number of methoxy groups -OCH3 is 1. The number of hydrogen-bond donors (Lipinski definition) is 0. The van der Waals surface area contributed by atoms with Gasteiger partial charge in [-0.1, -0.05) is 17.7 Å². The summed E-state index contributed by atoms with van der Waals surface area (Å²) < 4.78 is 10.6. The van der Waals surface area contributed by atoms with Crippen molar-refractivity contribution in [1.29, 1.82) is 0 Å². The lowest BCUT2D eigenvalue weighted by molar-refractivity contribution is -0.134. The normalized spacial score (nSPS) is 14.8. The molecule has 2 rings (SSSR count). The molecule has 0 unspecified atom stereocenters. The summed E-state index contributed by atoms with van der Waals surface area (Å²) in [7, 11) is 1.60. The van der Waals surface area contributed by atoms with Crippen molar-refractivity contribution in [3.63, 3.8) is 0 Å². The van der Waals surface area contributed by atoms with Crippen LogP contribution < -0.4 is 4.74 Å². The number of carbonyl (C=O) groups is 2. The average molecular weight is 362 g/mol. The van der Waals surface area contributed by atoms with Gasteiger partial charge in [0.05, 0.1) is 19.6 Å². The first-order chi connectivity index (χ1) is 12.6. The second kappa shape index (κ2) is 10.8. The fourth-order valence-corrected chi connectivity index (χ4v) is 2.97. The SMILES string of the molecule is COCCC(=O)N1CCCN(C(=O)CCCOc2ccc(C)cc2)CC1. The van der Waals surface area contributed by atoms with Gasteiger partial charge in [0.2, 0.25) is 11.8 Å². The number of carbonyl (C=O) groups excluding carboxylic acids is 2. The van der Waals surface area contributed by atoms with Crippen molar-refractivity contribution < 1.29 is 19.1 Å². The van der Waals surface area contributed by atoms with Gasteiger partial charge in [-0.25, -0.2) is 0 Å². The number of aryl methyl sites for hydroxylation is 1.